The number of nitro benzene ring substituents is 1. The van der Waals surface area contributed by atoms with Gasteiger partial charge in [-0.15, -0.1) is 11.3 Å². The highest BCUT2D eigenvalue weighted by Gasteiger charge is 2.27. The lowest BCUT2D eigenvalue weighted by atomic mass is 10.1. The van der Waals surface area contributed by atoms with Crippen LogP contribution in [0, 0.1) is 10.1 Å². The number of nitrogens with zero attached hydrogens (tertiary/aromatic N) is 2. The number of sulfonamides is 1. The van der Waals surface area contributed by atoms with E-state index in [4.69, 9.17) is 17.3 Å². The average Bonchev–Trinajstić information content (AvgIpc) is 3.36. The lowest BCUT2D eigenvalue weighted by molar-refractivity contribution is -0.387. The molecule has 0 spiro atoms. The number of rotatable bonds is 9. The summed E-state index contributed by atoms with van der Waals surface area (Å²) in [5.41, 5.74) is 0.869. The molecule has 0 aliphatic rings. The number of carbonyl (C=O) groups is 1. The summed E-state index contributed by atoms with van der Waals surface area (Å²) in [6.07, 6.45) is 0. The number of aromatic hydroxyl groups is 1. The molecule has 0 aliphatic heterocycles. The predicted octanol–water partition coefficient (Wildman–Crippen LogP) is 4.41. The van der Waals surface area contributed by atoms with Crippen LogP contribution in [-0.4, -0.2) is 39.6 Å². The number of benzene rings is 3. The molecule has 1 heterocycles. The maximum Gasteiger partial charge on any atom is 0.339 e. The van der Waals surface area contributed by atoms with Gasteiger partial charge in [0.05, 0.1) is 10.6 Å². The minimum atomic E-state index is -4.24. The summed E-state index contributed by atoms with van der Waals surface area (Å²) in [5, 5.41) is 38.1. The zero-order valence-electron chi connectivity index (χ0n) is 19.7. The number of carboxylic acids is 1. The Morgan fingerprint density at radius 3 is 2.49 bits per heavy atom. The highest BCUT2D eigenvalue weighted by Crippen LogP contribution is 2.32. The maximum absolute atomic E-state index is 13.0. The van der Waals surface area contributed by atoms with Gasteiger partial charge in [-0.2, -0.15) is 0 Å². The third-order valence-electron chi connectivity index (χ3n) is 5.26. The zero-order valence-corrected chi connectivity index (χ0v) is 22.1. The van der Waals surface area contributed by atoms with E-state index in [-0.39, 0.29) is 17.2 Å². The molecule has 0 saturated carbocycles. The fourth-order valence-electron chi connectivity index (χ4n) is 3.40. The number of anilines is 2. The standard InChI is InChI=1S/C24H19N5O7S3/c30-20-11-16(7-8-17(20)22(31)32)26-23(37)28-24-27-18(13-38-24)15-6-9-19(29(33)34)21(10-15)39(35,36)25-12-14-4-2-1-3-5-14/h1-11,13,25,30H,12H2,(H,31,32)(H2,26,27,28,37). The van der Waals surface area contributed by atoms with Crippen molar-refractivity contribution in [2.45, 2.75) is 11.4 Å². The number of thiazole rings is 1. The third-order valence-corrected chi connectivity index (χ3v) is 7.65. The lowest BCUT2D eigenvalue weighted by Crippen LogP contribution is -2.24. The molecular weight excluding hydrogens is 566 g/mol. The van der Waals surface area contributed by atoms with Crippen LogP contribution in [0.15, 0.2) is 77.0 Å². The van der Waals surface area contributed by atoms with Crippen molar-refractivity contribution in [3.63, 3.8) is 0 Å². The van der Waals surface area contributed by atoms with Gasteiger partial charge in [-0.25, -0.2) is 22.9 Å². The Bertz CT molecular complexity index is 1670. The van der Waals surface area contributed by atoms with Crippen LogP contribution in [-0.2, 0) is 16.6 Å². The molecule has 0 atom stereocenters. The van der Waals surface area contributed by atoms with Crippen molar-refractivity contribution in [2.24, 2.45) is 0 Å². The van der Waals surface area contributed by atoms with Crippen LogP contribution in [0.4, 0.5) is 16.5 Å². The summed E-state index contributed by atoms with van der Waals surface area (Å²) < 4.78 is 28.4. The fraction of sp³-hybridized carbons (Fsp3) is 0.0417. The number of aromatic nitrogens is 1. The molecule has 0 bridgehead atoms. The van der Waals surface area contributed by atoms with Gasteiger partial charge in [0, 0.05) is 35.3 Å². The molecule has 4 rings (SSSR count). The van der Waals surface area contributed by atoms with E-state index in [1.165, 1.54) is 30.3 Å². The van der Waals surface area contributed by atoms with Crippen molar-refractivity contribution in [1.29, 1.82) is 0 Å². The molecule has 5 N–H and O–H groups in total. The Kier molecular flexibility index (Phi) is 8.15. The quantitative estimate of drug-likeness (QED) is 0.106. The van der Waals surface area contributed by atoms with E-state index in [1.54, 1.807) is 35.7 Å². The van der Waals surface area contributed by atoms with Crippen LogP contribution < -0.4 is 15.4 Å². The van der Waals surface area contributed by atoms with Gasteiger partial charge in [-0.1, -0.05) is 30.3 Å². The molecule has 200 valence electrons. The molecule has 1 aromatic heterocycles. The molecule has 0 saturated heterocycles. The van der Waals surface area contributed by atoms with Gasteiger partial charge in [-0.05, 0) is 42.0 Å². The predicted molar refractivity (Wildman–Crippen MR) is 150 cm³/mol. The van der Waals surface area contributed by atoms with Crippen molar-refractivity contribution in [1.82, 2.24) is 9.71 Å². The van der Waals surface area contributed by atoms with E-state index in [0.717, 1.165) is 17.4 Å². The zero-order chi connectivity index (χ0) is 28.2. The van der Waals surface area contributed by atoms with Gasteiger partial charge in [0.1, 0.15) is 11.3 Å². The summed E-state index contributed by atoms with van der Waals surface area (Å²) in [4.78, 5) is 25.7. The molecule has 0 fully saturated rings. The highest BCUT2D eigenvalue weighted by molar-refractivity contribution is 7.89. The summed E-state index contributed by atoms with van der Waals surface area (Å²) in [6, 6.07) is 16.3. The second-order valence-corrected chi connectivity index (χ2v) is 10.9. The van der Waals surface area contributed by atoms with Gasteiger partial charge in [-0.3, -0.25) is 10.1 Å². The smallest absolute Gasteiger partial charge is 0.339 e. The number of nitro groups is 1. The molecule has 0 unspecified atom stereocenters. The summed E-state index contributed by atoms with van der Waals surface area (Å²) >= 11 is 6.39. The third kappa shape index (κ3) is 6.71. The van der Waals surface area contributed by atoms with Gasteiger partial charge >= 0.3 is 5.97 Å². The van der Waals surface area contributed by atoms with Crippen LogP contribution in [0.2, 0.25) is 0 Å². The van der Waals surface area contributed by atoms with Crippen LogP contribution in [0.1, 0.15) is 15.9 Å². The van der Waals surface area contributed by atoms with Gasteiger partial charge < -0.3 is 20.8 Å². The minimum absolute atomic E-state index is 0.0451. The largest absolute Gasteiger partial charge is 0.507 e. The molecule has 4 aromatic rings. The molecule has 0 amide bonds. The highest BCUT2D eigenvalue weighted by atomic mass is 32.2. The number of hydrogen-bond donors (Lipinski definition) is 5. The number of phenols is 1. The van der Waals surface area contributed by atoms with Crippen molar-refractivity contribution in [3.05, 3.63) is 93.4 Å². The topological polar surface area (TPSA) is 184 Å². The van der Waals surface area contributed by atoms with E-state index >= 15 is 0 Å². The Morgan fingerprint density at radius 2 is 1.82 bits per heavy atom. The molecule has 0 radical (unpaired) electrons. The van der Waals surface area contributed by atoms with Crippen LogP contribution >= 0.6 is 23.6 Å². The van der Waals surface area contributed by atoms with Crippen molar-refractivity contribution in [2.75, 3.05) is 10.6 Å². The average molecular weight is 586 g/mol. The van der Waals surface area contributed by atoms with Gasteiger partial charge in [0.15, 0.2) is 15.1 Å². The van der Waals surface area contributed by atoms with Crippen LogP contribution in [0.25, 0.3) is 11.3 Å². The first-order valence-electron chi connectivity index (χ1n) is 11.0. The number of carboxylic acid groups (broad SMARTS) is 1. The first-order chi connectivity index (χ1) is 18.5. The maximum atomic E-state index is 13.0. The lowest BCUT2D eigenvalue weighted by Gasteiger charge is -2.10. The second-order valence-electron chi connectivity index (χ2n) is 7.90. The monoisotopic (exact) mass is 585 g/mol. The Hall–Kier alpha value is -4.44. The second kappa shape index (κ2) is 11.5. The van der Waals surface area contributed by atoms with E-state index in [9.17, 15) is 28.4 Å². The van der Waals surface area contributed by atoms with Crippen molar-refractivity contribution >= 4 is 61.2 Å². The number of aromatic carboxylic acids is 1. The minimum Gasteiger partial charge on any atom is -0.507 e. The van der Waals surface area contributed by atoms with Crippen LogP contribution in [0.3, 0.4) is 0 Å². The molecule has 12 nitrogen and oxygen atoms in total. The molecular formula is C24H19N5O7S3. The van der Waals surface area contributed by atoms with E-state index in [1.807, 2.05) is 0 Å². The SMILES string of the molecule is O=C(O)c1ccc(NC(=S)Nc2nc(-c3ccc([N+](=O)[O-])c(S(=O)(=O)NCc4ccccc4)c3)cs2)cc1O. The Balaban J connectivity index is 1.51. The summed E-state index contributed by atoms with van der Waals surface area (Å²) in [5.74, 6) is -1.71. The molecule has 39 heavy (non-hydrogen) atoms. The van der Waals surface area contributed by atoms with Crippen molar-refractivity contribution in [3.8, 4) is 17.0 Å². The van der Waals surface area contributed by atoms with E-state index < -0.39 is 37.2 Å². The van der Waals surface area contributed by atoms with E-state index in [0.29, 0.717) is 27.6 Å². The number of nitrogens with one attached hydrogen (secondary N) is 3. The first kappa shape index (κ1) is 27.6. The fourth-order valence-corrected chi connectivity index (χ4v) is 5.62. The summed E-state index contributed by atoms with van der Waals surface area (Å²) in [6.45, 7) is -0.0451. The molecule has 15 heteroatoms. The first-order valence-corrected chi connectivity index (χ1v) is 13.7. The van der Waals surface area contributed by atoms with Gasteiger partial charge in [0.2, 0.25) is 10.0 Å². The Labute approximate surface area is 231 Å². The summed E-state index contributed by atoms with van der Waals surface area (Å²) in [7, 11) is -4.24. The van der Waals surface area contributed by atoms with Gasteiger partial charge in [0.25, 0.3) is 5.69 Å². The Morgan fingerprint density at radius 1 is 1.08 bits per heavy atom. The molecule has 0 aliphatic carbocycles. The number of thiocarbonyl (C=S) groups is 1. The molecule has 3 aromatic carbocycles. The van der Waals surface area contributed by atoms with Crippen LogP contribution in [0.5, 0.6) is 5.75 Å². The van der Waals surface area contributed by atoms with Crippen molar-refractivity contribution < 1.29 is 28.3 Å². The number of hydrogen-bond acceptors (Lipinski definition) is 9. The normalized spacial score (nSPS) is 11.1. The van der Waals surface area contributed by atoms with E-state index in [2.05, 4.69) is 20.3 Å².